The molecule has 2 radical (unpaired) electrons. The average Bonchev–Trinajstić information content (AvgIpc) is 3.75. The molecule has 0 saturated carbocycles. The summed E-state index contributed by atoms with van der Waals surface area (Å²) in [4.78, 5) is 46.7. The molecule has 46 heavy (non-hydrogen) atoms. The number of H-pyrrole nitrogens is 1. The highest BCUT2D eigenvalue weighted by Gasteiger charge is 2.53. The molecule has 0 spiro atoms. The number of ether oxygens (including phenoxy) is 3. The lowest BCUT2D eigenvalue weighted by Crippen LogP contribution is -2.37. The van der Waals surface area contributed by atoms with Crippen LogP contribution in [0.2, 0.25) is 0 Å². The van der Waals surface area contributed by atoms with Crippen molar-refractivity contribution >= 4 is 61.7 Å². The van der Waals surface area contributed by atoms with Gasteiger partial charge in [-0.3, -0.25) is 23.0 Å². The van der Waals surface area contributed by atoms with Crippen molar-refractivity contribution in [2.45, 2.75) is 56.1 Å². The van der Waals surface area contributed by atoms with Crippen LogP contribution in [0.3, 0.4) is 0 Å². The van der Waals surface area contributed by atoms with Crippen LogP contribution in [0.1, 0.15) is 18.3 Å². The number of rotatable bonds is 3. The molecule has 2 bridgehead atoms. The van der Waals surface area contributed by atoms with Crippen molar-refractivity contribution in [1.29, 1.82) is 0 Å². The number of hydrogen-bond donors (Lipinski definition) is 3. The first-order chi connectivity index (χ1) is 21.9. The van der Waals surface area contributed by atoms with E-state index < -0.39 is 82.1 Å². The number of aryl methyl sites for hydroxylation is 1. The number of alkyl halides is 1. The quantitative estimate of drug-likeness (QED) is 0.193. The van der Waals surface area contributed by atoms with Gasteiger partial charge < -0.3 is 43.4 Å². The number of nitrogen functional groups attached to an aromatic ring is 1. The zero-order valence-electron chi connectivity index (χ0n) is 23.9. The number of nitrogens with one attached hydrogen (secondary N) is 1. The Hall–Kier alpha value is -2.75. The summed E-state index contributed by atoms with van der Waals surface area (Å²) >= 11 is 5.24. The van der Waals surface area contributed by atoms with E-state index in [1.807, 2.05) is 0 Å². The largest absolute Gasteiger partial charge is 0.382 e. The molecule has 4 aromatic rings. The molecule has 10 atom stereocenters. The normalized spacial score (nSPS) is 37.1. The third-order valence-electron chi connectivity index (χ3n) is 7.65. The molecule has 4 N–H and O–H groups in total. The number of nitrogens with two attached hydrogens (primary N) is 1. The molecule has 19 nitrogen and oxygen atoms in total. The topological polar surface area (TPSA) is 235 Å². The first kappa shape index (κ1) is 31.8. The molecule has 9 unspecified atom stereocenters. The molecule has 0 aromatic carbocycles. The van der Waals surface area contributed by atoms with E-state index >= 15 is 4.39 Å². The van der Waals surface area contributed by atoms with Crippen LogP contribution in [0.5, 0.6) is 0 Å². The summed E-state index contributed by atoms with van der Waals surface area (Å²) in [5.41, 5.74) is 5.86. The van der Waals surface area contributed by atoms with Gasteiger partial charge in [0, 0.05) is 7.11 Å². The van der Waals surface area contributed by atoms with E-state index in [2.05, 4.69) is 29.9 Å². The van der Waals surface area contributed by atoms with Crippen LogP contribution in [0, 0.1) is 6.92 Å². The van der Waals surface area contributed by atoms with Crippen LogP contribution in [0.4, 0.5) is 10.2 Å². The minimum atomic E-state index is -4.51. The van der Waals surface area contributed by atoms with Gasteiger partial charge in [0.25, 0.3) is 13.0 Å². The smallest absolute Gasteiger partial charge is 0.325 e. The molecule has 4 aromatic heterocycles. The summed E-state index contributed by atoms with van der Waals surface area (Å²) in [6.45, 7) is -3.73. The molecule has 244 valence electrons. The van der Waals surface area contributed by atoms with Crippen molar-refractivity contribution in [3.63, 3.8) is 0 Å². The van der Waals surface area contributed by atoms with Crippen molar-refractivity contribution in [3.8, 4) is 0 Å². The highest BCUT2D eigenvalue weighted by Crippen LogP contribution is 2.54. The standard InChI is InChI=1S/C22H25BFN9O10P2S/c1-8-30-19-13(20(34)31-8)29-7-33(19)22-16-15(37-2)10(41-22)4-39-45(36,46)43-14-9(3-38-44(23,35)42-16)40-21(11(14)24)32-6-28-12-17(25)26-5-27-18(12)32/h5-7,9-11,14-16,21-22H,3-4H2,1-2H3,(H,36,46)(H2,25,26,27)(H,30,31,34)/t9?,10?,11?,14?,15?,16?,21?,22?,44-,45?/m0/s1. The Labute approximate surface area is 264 Å². The van der Waals surface area contributed by atoms with Gasteiger partial charge in [0.05, 0.1) is 25.9 Å². The zero-order chi connectivity index (χ0) is 32.5. The summed E-state index contributed by atoms with van der Waals surface area (Å²) in [7, 11) is 2.86. The van der Waals surface area contributed by atoms with E-state index in [4.69, 9.17) is 57.4 Å². The minimum absolute atomic E-state index is 0.00189. The number of aromatic nitrogens is 8. The number of hydrogen-bond acceptors (Lipinski definition) is 16. The predicted octanol–water partition coefficient (Wildman–Crippen LogP) is 0.309. The monoisotopic (exact) mass is 699 g/mol. The predicted molar refractivity (Wildman–Crippen MR) is 158 cm³/mol. The summed E-state index contributed by atoms with van der Waals surface area (Å²) in [5.74, 6) is 0.354. The zero-order valence-corrected chi connectivity index (χ0v) is 26.5. The lowest BCUT2D eigenvalue weighted by atomic mass is 10.1. The van der Waals surface area contributed by atoms with Gasteiger partial charge in [0.2, 0.25) is 7.57 Å². The first-order valence-corrected chi connectivity index (χ1v) is 17.8. The lowest BCUT2D eigenvalue weighted by molar-refractivity contribution is -0.0594. The van der Waals surface area contributed by atoms with Gasteiger partial charge in [-0.1, -0.05) is 0 Å². The second-order valence-electron chi connectivity index (χ2n) is 10.6. The molecule has 0 aliphatic carbocycles. The van der Waals surface area contributed by atoms with Crippen molar-refractivity contribution in [2.75, 3.05) is 26.1 Å². The Kier molecular flexibility index (Phi) is 8.13. The third-order valence-corrected chi connectivity index (χ3v) is 10.3. The second kappa shape index (κ2) is 11.7. The molecule has 24 heteroatoms. The Balaban J connectivity index is 1.22. The highest BCUT2D eigenvalue weighted by atomic mass is 32.5. The highest BCUT2D eigenvalue weighted by molar-refractivity contribution is 8.07. The van der Waals surface area contributed by atoms with Gasteiger partial charge >= 0.3 is 6.72 Å². The molecule has 7 rings (SSSR count). The molecule has 3 aliphatic heterocycles. The Bertz CT molecular complexity index is 1970. The molecular formula is C22H25BFN9O10P2S. The van der Waals surface area contributed by atoms with E-state index in [1.165, 1.54) is 35.2 Å². The van der Waals surface area contributed by atoms with E-state index in [0.717, 1.165) is 0 Å². The average molecular weight is 699 g/mol. The van der Waals surface area contributed by atoms with Crippen molar-refractivity contribution in [2.24, 2.45) is 0 Å². The van der Waals surface area contributed by atoms with Crippen LogP contribution in [0.15, 0.2) is 23.8 Å². The van der Waals surface area contributed by atoms with E-state index in [9.17, 15) is 14.3 Å². The maximum absolute atomic E-state index is 16.1. The fourth-order valence-electron chi connectivity index (χ4n) is 5.65. The Morgan fingerprint density at radius 1 is 1.07 bits per heavy atom. The van der Waals surface area contributed by atoms with E-state index in [1.54, 1.807) is 6.92 Å². The van der Waals surface area contributed by atoms with Crippen LogP contribution in [-0.4, -0.2) is 109 Å². The number of halogens is 1. The maximum Gasteiger partial charge on any atom is 0.325 e. The third kappa shape index (κ3) is 5.60. The van der Waals surface area contributed by atoms with Crippen molar-refractivity contribution in [1.82, 2.24) is 39.0 Å². The van der Waals surface area contributed by atoms with Gasteiger partial charge in [0.15, 0.2) is 41.3 Å². The van der Waals surface area contributed by atoms with Gasteiger partial charge in [0.1, 0.15) is 48.2 Å². The van der Waals surface area contributed by atoms with E-state index in [-0.39, 0.29) is 28.1 Å². The SMILES string of the molecule is [B][P@]1(=O)OCC2OC(n3cnc4c(N)ncnc43)C(F)C2OP(O)(=S)OCC2OC(n3cnc4c(=O)[nH]c(C)nc43)C(O1)C2OC. The molecule has 0 amide bonds. The Morgan fingerprint density at radius 3 is 2.52 bits per heavy atom. The van der Waals surface area contributed by atoms with E-state index in [0.29, 0.717) is 5.82 Å². The van der Waals surface area contributed by atoms with Crippen molar-refractivity contribution in [3.05, 3.63) is 35.2 Å². The summed E-state index contributed by atoms with van der Waals surface area (Å²) in [6.07, 6.45) is -7.19. The fraction of sp³-hybridized carbons (Fsp3) is 0.545. The number of aromatic amines is 1. The molecular weight excluding hydrogens is 674 g/mol. The van der Waals surface area contributed by atoms with Gasteiger partial charge in [-0.05, 0) is 18.7 Å². The molecule has 3 fully saturated rings. The molecule has 7 heterocycles. The van der Waals surface area contributed by atoms with Gasteiger partial charge in [-0.15, -0.1) is 0 Å². The fourth-order valence-corrected chi connectivity index (χ4v) is 8.06. The number of nitrogens with zero attached hydrogens (tertiary/aromatic N) is 7. The van der Waals surface area contributed by atoms with Crippen LogP contribution < -0.4 is 11.3 Å². The maximum atomic E-state index is 16.1. The second-order valence-corrected chi connectivity index (χ2v) is 14.9. The number of anilines is 1. The van der Waals surface area contributed by atoms with Gasteiger partial charge in [-0.25, -0.2) is 29.3 Å². The molecule has 3 saturated heterocycles. The Morgan fingerprint density at radius 2 is 1.76 bits per heavy atom. The first-order valence-electron chi connectivity index (χ1n) is 13.6. The van der Waals surface area contributed by atoms with Crippen LogP contribution in [0.25, 0.3) is 22.3 Å². The van der Waals surface area contributed by atoms with Crippen LogP contribution >= 0.6 is 14.2 Å². The lowest BCUT2D eigenvalue weighted by Gasteiger charge is -2.28. The van der Waals surface area contributed by atoms with Crippen molar-refractivity contribution < 1.29 is 46.2 Å². The molecule has 3 aliphatic rings. The van der Waals surface area contributed by atoms with Gasteiger partial charge in [-0.2, -0.15) is 0 Å². The summed E-state index contributed by atoms with van der Waals surface area (Å²) in [5, 5.41) is 0. The number of fused-ring (bicyclic) bond motifs is 5. The minimum Gasteiger partial charge on any atom is -0.382 e. The number of imidazole rings is 2. The van der Waals surface area contributed by atoms with Crippen LogP contribution in [-0.2, 0) is 48.7 Å². The summed E-state index contributed by atoms with van der Waals surface area (Å²) < 4.78 is 72.6. The number of methoxy groups -OCH3 is 1. The summed E-state index contributed by atoms with van der Waals surface area (Å²) in [6, 6.07) is 0.